The van der Waals surface area contributed by atoms with Crippen LogP contribution in [0.2, 0.25) is 0 Å². The van der Waals surface area contributed by atoms with Gasteiger partial charge in [0.2, 0.25) is 0 Å². The number of rotatable bonds is 1. The molecular weight excluding hydrogens is 158 g/mol. The van der Waals surface area contributed by atoms with Crippen LogP contribution in [-0.4, -0.2) is 36.5 Å². The van der Waals surface area contributed by atoms with Crippen LogP contribution in [-0.2, 0) is 0 Å². The van der Waals surface area contributed by atoms with Crippen LogP contribution >= 0.6 is 11.8 Å². The van der Waals surface area contributed by atoms with Crippen molar-refractivity contribution in [3.8, 4) is 0 Å². The molecule has 0 saturated carbocycles. The predicted molar refractivity (Wildman–Crippen MR) is 51.8 cm³/mol. The topological polar surface area (TPSA) is 36.8 Å². The second-order valence-electron chi connectivity index (χ2n) is 2.30. The number of hydrazone groups is 1. The lowest BCUT2D eigenvalue weighted by Gasteiger charge is -2.00. The summed E-state index contributed by atoms with van der Waals surface area (Å²) in [4.78, 5) is 4.35. The van der Waals surface area contributed by atoms with Gasteiger partial charge in [0, 0.05) is 25.1 Å². The number of thioether (sulfide) groups is 1. The van der Waals surface area contributed by atoms with Crippen molar-refractivity contribution in [2.45, 2.75) is 6.92 Å². The van der Waals surface area contributed by atoms with Crippen molar-refractivity contribution in [2.75, 3.05) is 25.1 Å². The molecular formula is C7H13N3S. The first-order valence-corrected chi connectivity index (χ1v) is 4.82. The van der Waals surface area contributed by atoms with Crippen LogP contribution < -0.4 is 5.43 Å². The molecule has 0 atom stereocenters. The van der Waals surface area contributed by atoms with Gasteiger partial charge in [-0.05, 0) is 6.92 Å². The van der Waals surface area contributed by atoms with Gasteiger partial charge < -0.3 is 5.43 Å². The molecule has 0 unspecified atom stereocenters. The van der Waals surface area contributed by atoms with Crippen molar-refractivity contribution in [1.82, 2.24) is 5.43 Å². The minimum Gasteiger partial charge on any atom is -0.313 e. The van der Waals surface area contributed by atoms with E-state index in [1.807, 2.05) is 25.7 Å². The molecule has 0 aromatic rings. The third-order valence-electron chi connectivity index (χ3n) is 1.49. The Kier molecular flexibility index (Phi) is 3.42. The summed E-state index contributed by atoms with van der Waals surface area (Å²) in [6, 6.07) is 0. The van der Waals surface area contributed by atoms with Crippen molar-refractivity contribution >= 4 is 23.2 Å². The Balaban J connectivity index is 2.67. The zero-order valence-corrected chi connectivity index (χ0v) is 7.74. The van der Waals surface area contributed by atoms with Crippen LogP contribution in [0.4, 0.5) is 0 Å². The van der Waals surface area contributed by atoms with Crippen LogP contribution in [0.5, 0.6) is 0 Å². The summed E-state index contributed by atoms with van der Waals surface area (Å²) >= 11 is 1.88. The summed E-state index contributed by atoms with van der Waals surface area (Å²) in [5.74, 6) is 2.09. The Bertz CT molecular complexity index is 186. The molecule has 0 bridgehead atoms. The summed E-state index contributed by atoms with van der Waals surface area (Å²) in [5, 5.41) is 4.14. The van der Waals surface area contributed by atoms with E-state index in [-0.39, 0.29) is 0 Å². The van der Waals surface area contributed by atoms with E-state index >= 15 is 0 Å². The highest BCUT2D eigenvalue weighted by atomic mass is 32.2. The lowest BCUT2D eigenvalue weighted by molar-refractivity contribution is 0.903. The van der Waals surface area contributed by atoms with Gasteiger partial charge in [-0.3, -0.25) is 4.99 Å². The number of aliphatic imine (C=N–C) groups is 1. The fourth-order valence-corrected chi connectivity index (χ4v) is 1.72. The van der Waals surface area contributed by atoms with Crippen LogP contribution in [0, 0.1) is 0 Å². The molecule has 0 fully saturated rings. The molecule has 1 aliphatic rings. The minimum absolute atomic E-state index is 0.930. The van der Waals surface area contributed by atoms with E-state index in [4.69, 9.17) is 0 Å². The molecule has 0 spiro atoms. The van der Waals surface area contributed by atoms with Crippen LogP contribution in [0.25, 0.3) is 0 Å². The molecule has 0 saturated heterocycles. The maximum absolute atomic E-state index is 4.35. The maximum Gasteiger partial charge on any atom is 0.0908 e. The van der Waals surface area contributed by atoms with Crippen LogP contribution in [0.1, 0.15) is 6.92 Å². The smallest absolute Gasteiger partial charge is 0.0908 e. The molecule has 1 aliphatic heterocycles. The van der Waals surface area contributed by atoms with Gasteiger partial charge in [-0.15, -0.1) is 0 Å². The second kappa shape index (κ2) is 4.38. The third-order valence-corrected chi connectivity index (χ3v) is 2.44. The van der Waals surface area contributed by atoms with Gasteiger partial charge in [-0.25, -0.2) is 0 Å². The Morgan fingerprint density at radius 3 is 3.18 bits per heavy atom. The van der Waals surface area contributed by atoms with E-state index in [1.54, 1.807) is 0 Å². The van der Waals surface area contributed by atoms with Gasteiger partial charge in [0.25, 0.3) is 0 Å². The lowest BCUT2D eigenvalue weighted by Crippen LogP contribution is -2.16. The first-order chi connectivity index (χ1) is 5.34. The fourth-order valence-electron chi connectivity index (χ4n) is 0.891. The van der Waals surface area contributed by atoms with Crippen molar-refractivity contribution in [3.05, 3.63) is 0 Å². The molecule has 1 rings (SSSR count). The maximum atomic E-state index is 4.35. The molecule has 62 valence electrons. The van der Waals surface area contributed by atoms with Crippen molar-refractivity contribution < 1.29 is 0 Å². The molecule has 0 amide bonds. The van der Waals surface area contributed by atoms with Crippen LogP contribution in [0.15, 0.2) is 10.1 Å². The van der Waals surface area contributed by atoms with E-state index in [1.165, 1.54) is 0 Å². The first-order valence-electron chi connectivity index (χ1n) is 3.67. The Morgan fingerprint density at radius 1 is 1.64 bits per heavy atom. The van der Waals surface area contributed by atoms with Gasteiger partial charge in [0.1, 0.15) is 0 Å². The summed E-state index contributed by atoms with van der Waals surface area (Å²) < 4.78 is 0. The Labute approximate surface area is 71.4 Å². The van der Waals surface area contributed by atoms with Gasteiger partial charge in [-0.1, -0.05) is 0 Å². The average Bonchev–Trinajstić information content (AvgIpc) is 2.18. The molecule has 1 heterocycles. The monoisotopic (exact) mass is 171 g/mol. The largest absolute Gasteiger partial charge is 0.313 e. The highest BCUT2D eigenvalue weighted by Crippen LogP contribution is 2.05. The molecule has 0 aromatic carbocycles. The average molecular weight is 171 g/mol. The number of hydrogen-bond acceptors (Lipinski definition) is 4. The normalized spacial score (nSPS) is 22.7. The first kappa shape index (κ1) is 8.59. The van der Waals surface area contributed by atoms with E-state index in [0.717, 1.165) is 29.5 Å². The second-order valence-corrected chi connectivity index (χ2v) is 3.41. The molecule has 11 heavy (non-hydrogen) atoms. The van der Waals surface area contributed by atoms with E-state index in [9.17, 15) is 0 Å². The molecule has 0 radical (unpaired) electrons. The van der Waals surface area contributed by atoms with Gasteiger partial charge in [0.15, 0.2) is 0 Å². The molecule has 4 heteroatoms. The van der Waals surface area contributed by atoms with Gasteiger partial charge >= 0.3 is 0 Å². The van der Waals surface area contributed by atoms with E-state index < -0.39 is 0 Å². The number of nitrogens with zero attached hydrogens (tertiary/aromatic N) is 2. The summed E-state index contributed by atoms with van der Waals surface area (Å²) in [7, 11) is 1.82. The quantitative estimate of drug-likeness (QED) is 0.592. The van der Waals surface area contributed by atoms with Crippen LogP contribution in [0.3, 0.4) is 0 Å². The summed E-state index contributed by atoms with van der Waals surface area (Å²) in [5.41, 5.74) is 4.94. The molecule has 0 aromatic heterocycles. The summed E-state index contributed by atoms with van der Waals surface area (Å²) in [6.07, 6.45) is 0. The van der Waals surface area contributed by atoms with Crippen molar-refractivity contribution in [1.29, 1.82) is 0 Å². The standard InChI is InChI=1S/C7H13N3S/c1-6-7(10-8-2)5-11-4-3-9-6/h8H,3-5H2,1-2H3/b10-7+. The third kappa shape index (κ3) is 2.54. The van der Waals surface area contributed by atoms with E-state index in [2.05, 4.69) is 15.5 Å². The number of hydrogen-bond donors (Lipinski definition) is 1. The van der Waals surface area contributed by atoms with Gasteiger partial charge in [-0.2, -0.15) is 16.9 Å². The van der Waals surface area contributed by atoms with Crippen molar-refractivity contribution in [2.24, 2.45) is 10.1 Å². The SMILES string of the molecule is CN/N=C1\CSCCN=C1C. The summed E-state index contributed by atoms with van der Waals surface area (Å²) in [6.45, 7) is 2.95. The molecule has 3 nitrogen and oxygen atoms in total. The molecule has 0 aliphatic carbocycles. The fraction of sp³-hybridized carbons (Fsp3) is 0.714. The van der Waals surface area contributed by atoms with E-state index in [0.29, 0.717) is 0 Å². The highest BCUT2D eigenvalue weighted by Gasteiger charge is 2.07. The zero-order chi connectivity index (χ0) is 8.10. The number of nitrogens with one attached hydrogen (secondary N) is 1. The van der Waals surface area contributed by atoms with Crippen molar-refractivity contribution in [3.63, 3.8) is 0 Å². The lowest BCUT2D eigenvalue weighted by atomic mass is 10.3. The minimum atomic E-state index is 0.930. The molecule has 1 N–H and O–H groups in total. The Morgan fingerprint density at radius 2 is 2.45 bits per heavy atom. The highest BCUT2D eigenvalue weighted by molar-refractivity contribution is 8.00. The zero-order valence-electron chi connectivity index (χ0n) is 6.92. The predicted octanol–water partition coefficient (Wildman–Crippen LogP) is 0.770. The van der Waals surface area contributed by atoms with Gasteiger partial charge in [0.05, 0.1) is 11.4 Å². The Hall–Kier alpha value is -0.510.